The Morgan fingerprint density at radius 2 is 1.52 bits per heavy atom. The highest BCUT2D eigenvalue weighted by molar-refractivity contribution is 6.59. The molecule has 31 heavy (non-hydrogen) atoms. The van der Waals surface area contributed by atoms with Gasteiger partial charge in [-0.25, -0.2) is 4.98 Å². The maximum atomic E-state index is 9.70. The molecule has 0 bridgehead atoms. The van der Waals surface area contributed by atoms with Crippen molar-refractivity contribution < 1.29 is 14.5 Å². The summed E-state index contributed by atoms with van der Waals surface area (Å²) in [5.41, 5.74) is 5.68. The van der Waals surface area contributed by atoms with Crippen molar-refractivity contribution in [1.82, 2.24) is 9.55 Å². The molecule has 0 atom stereocenters. The summed E-state index contributed by atoms with van der Waals surface area (Å²) in [5.74, 6) is 0.569. The van der Waals surface area contributed by atoms with Crippen molar-refractivity contribution in [2.75, 3.05) is 0 Å². The Labute approximate surface area is 178 Å². The highest BCUT2D eigenvalue weighted by Crippen LogP contribution is 2.37. The van der Waals surface area contributed by atoms with Gasteiger partial charge in [0.1, 0.15) is 5.52 Å². The second-order valence-corrected chi connectivity index (χ2v) is 7.52. The van der Waals surface area contributed by atoms with Gasteiger partial charge in [0.2, 0.25) is 5.89 Å². The van der Waals surface area contributed by atoms with Crippen LogP contribution < -0.4 is 5.46 Å². The fourth-order valence-electron chi connectivity index (χ4n) is 4.21. The molecule has 0 saturated heterocycles. The maximum absolute atomic E-state index is 9.70. The van der Waals surface area contributed by atoms with Gasteiger partial charge in [-0.1, -0.05) is 48.5 Å². The molecule has 0 aliphatic heterocycles. The zero-order valence-corrected chi connectivity index (χ0v) is 16.4. The summed E-state index contributed by atoms with van der Waals surface area (Å²) >= 11 is 0. The fraction of sp³-hybridized carbons (Fsp3) is 0. The monoisotopic (exact) mass is 404 g/mol. The molecule has 0 amide bonds. The molecule has 5 nitrogen and oxygen atoms in total. The zero-order valence-electron chi connectivity index (χ0n) is 16.4. The second-order valence-electron chi connectivity index (χ2n) is 7.52. The fourth-order valence-corrected chi connectivity index (χ4v) is 4.21. The number of para-hydroxylation sites is 1. The van der Waals surface area contributed by atoms with Crippen molar-refractivity contribution in [3.05, 3.63) is 91.0 Å². The molecule has 2 heterocycles. The average Bonchev–Trinajstić information content (AvgIpc) is 3.39. The number of oxazole rings is 1. The minimum Gasteiger partial charge on any atom is -0.434 e. The standard InChI is InChI=1S/C25H17BN2O3/c29-26(30)17-11-14-22-20(15-17)19-12-13-21-24(23(19)28(22)18-9-5-2-6-10-18)31-25(27-21)16-7-3-1-4-8-16/h1-15,29-30H. The third-order valence-corrected chi connectivity index (χ3v) is 5.64. The Hall–Kier alpha value is -3.87. The number of hydrogen-bond acceptors (Lipinski definition) is 4. The quantitative estimate of drug-likeness (QED) is 0.432. The molecule has 6 rings (SSSR count). The molecule has 0 spiro atoms. The first-order valence-electron chi connectivity index (χ1n) is 10.1. The average molecular weight is 404 g/mol. The Kier molecular flexibility index (Phi) is 3.96. The number of rotatable bonds is 3. The van der Waals surface area contributed by atoms with Gasteiger partial charge in [0.25, 0.3) is 0 Å². The van der Waals surface area contributed by atoms with Gasteiger partial charge in [-0.15, -0.1) is 0 Å². The smallest absolute Gasteiger partial charge is 0.434 e. The third kappa shape index (κ3) is 2.77. The van der Waals surface area contributed by atoms with E-state index in [1.54, 1.807) is 6.07 Å². The molecule has 4 aromatic carbocycles. The van der Waals surface area contributed by atoms with Crippen molar-refractivity contribution in [1.29, 1.82) is 0 Å². The minimum atomic E-state index is -1.53. The lowest BCUT2D eigenvalue weighted by Crippen LogP contribution is -2.29. The highest BCUT2D eigenvalue weighted by atomic mass is 16.4. The molecule has 0 unspecified atom stereocenters. The van der Waals surface area contributed by atoms with Gasteiger partial charge in [-0.3, -0.25) is 0 Å². The van der Waals surface area contributed by atoms with Gasteiger partial charge in [-0.05, 0) is 47.9 Å². The SMILES string of the molecule is OB(O)c1ccc2c(c1)c1ccc3nc(-c4ccccc4)oc3c1n2-c1ccccc1. The van der Waals surface area contributed by atoms with Crippen LogP contribution in [0, 0.1) is 0 Å². The number of nitrogens with zero attached hydrogens (tertiary/aromatic N) is 2. The molecular weight excluding hydrogens is 387 g/mol. The Balaban J connectivity index is 1.75. The van der Waals surface area contributed by atoms with Crippen LogP contribution in [-0.4, -0.2) is 26.7 Å². The van der Waals surface area contributed by atoms with Crippen LogP contribution in [-0.2, 0) is 0 Å². The second kappa shape index (κ2) is 6.84. The van der Waals surface area contributed by atoms with E-state index in [4.69, 9.17) is 9.40 Å². The molecule has 2 N–H and O–H groups in total. The maximum Gasteiger partial charge on any atom is 0.488 e. The molecule has 0 radical (unpaired) electrons. The van der Waals surface area contributed by atoms with E-state index in [0.717, 1.165) is 38.6 Å². The van der Waals surface area contributed by atoms with Gasteiger partial charge in [0, 0.05) is 22.0 Å². The lowest BCUT2D eigenvalue weighted by molar-refractivity contribution is 0.426. The molecule has 0 saturated carbocycles. The van der Waals surface area contributed by atoms with Crippen LogP contribution in [0.25, 0.3) is 50.0 Å². The first-order chi connectivity index (χ1) is 15.2. The van der Waals surface area contributed by atoms with Gasteiger partial charge in [0.05, 0.1) is 11.0 Å². The van der Waals surface area contributed by atoms with Crippen molar-refractivity contribution in [2.24, 2.45) is 0 Å². The lowest BCUT2D eigenvalue weighted by Gasteiger charge is -2.08. The van der Waals surface area contributed by atoms with Crippen molar-refractivity contribution in [3.8, 4) is 17.1 Å². The predicted octanol–water partition coefficient (Wildman–Crippen LogP) is 4.27. The topological polar surface area (TPSA) is 71.4 Å². The zero-order chi connectivity index (χ0) is 20.9. The number of aromatic nitrogens is 2. The molecule has 0 aliphatic rings. The Bertz CT molecular complexity index is 1550. The van der Waals surface area contributed by atoms with Crippen LogP contribution in [0.15, 0.2) is 95.4 Å². The van der Waals surface area contributed by atoms with Crippen molar-refractivity contribution in [3.63, 3.8) is 0 Å². The van der Waals surface area contributed by atoms with Gasteiger partial charge in [-0.2, -0.15) is 0 Å². The van der Waals surface area contributed by atoms with Crippen LogP contribution in [0.3, 0.4) is 0 Å². The van der Waals surface area contributed by atoms with E-state index in [2.05, 4.69) is 4.57 Å². The summed E-state index contributed by atoms with van der Waals surface area (Å²) in [5, 5.41) is 21.3. The van der Waals surface area contributed by atoms with Crippen molar-refractivity contribution in [2.45, 2.75) is 0 Å². The summed E-state index contributed by atoms with van der Waals surface area (Å²) in [6.07, 6.45) is 0. The highest BCUT2D eigenvalue weighted by Gasteiger charge is 2.21. The Morgan fingerprint density at radius 3 is 2.26 bits per heavy atom. The van der Waals surface area contributed by atoms with Crippen LogP contribution in [0.5, 0.6) is 0 Å². The first kappa shape index (κ1) is 17.9. The van der Waals surface area contributed by atoms with E-state index in [1.165, 1.54) is 0 Å². The normalized spacial score (nSPS) is 11.5. The number of fused-ring (bicyclic) bond motifs is 5. The lowest BCUT2D eigenvalue weighted by atomic mass is 9.80. The largest absolute Gasteiger partial charge is 0.488 e. The summed E-state index contributed by atoms with van der Waals surface area (Å²) in [4.78, 5) is 4.72. The van der Waals surface area contributed by atoms with Crippen molar-refractivity contribution >= 4 is 45.5 Å². The Morgan fingerprint density at radius 1 is 0.774 bits per heavy atom. The van der Waals surface area contributed by atoms with E-state index in [0.29, 0.717) is 16.9 Å². The van der Waals surface area contributed by atoms with Crippen LogP contribution in [0.4, 0.5) is 0 Å². The third-order valence-electron chi connectivity index (χ3n) is 5.64. The van der Waals surface area contributed by atoms with Crippen LogP contribution in [0.1, 0.15) is 0 Å². The van der Waals surface area contributed by atoms with E-state index in [1.807, 2.05) is 84.9 Å². The van der Waals surface area contributed by atoms with Gasteiger partial charge in [0.15, 0.2) is 5.58 Å². The van der Waals surface area contributed by atoms with E-state index >= 15 is 0 Å². The summed E-state index contributed by atoms with van der Waals surface area (Å²) in [6.45, 7) is 0. The number of benzene rings is 4. The number of hydrogen-bond donors (Lipinski definition) is 2. The van der Waals surface area contributed by atoms with E-state index in [9.17, 15) is 10.0 Å². The molecule has 0 aliphatic carbocycles. The first-order valence-corrected chi connectivity index (χ1v) is 10.1. The summed E-state index contributed by atoms with van der Waals surface area (Å²) in [6, 6.07) is 29.3. The molecule has 2 aromatic heterocycles. The molecule has 148 valence electrons. The van der Waals surface area contributed by atoms with Crippen LogP contribution >= 0.6 is 0 Å². The molecule has 0 fully saturated rings. The molecular formula is C25H17BN2O3. The molecule has 6 heteroatoms. The van der Waals surface area contributed by atoms with Gasteiger partial charge >= 0.3 is 7.12 Å². The molecule has 6 aromatic rings. The minimum absolute atomic E-state index is 0.447. The van der Waals surface area contributed by atoms with Gasteiger partial charge < -0.3 is 19.0 Å². The van der Waals surface area contributed by atoms with Crippen LogP contribution in [0.2, 0.25) is 0 Å². The summed E-state index contributed by atoms with van der Waals surface area (Å²) < 4.78 is 8.45. The summed E-state index contributed by atoms with van der Waals surface area (Å²) in [7, 11) is -1.53. The van der Waals surface area contributed by atoms with E-state index in [-0.39, 0.29) is 0 Å². The van der Waals surface area contributed by atoms with E-state index < -0.39 is 7.12 Å². The predicted molar refractivity (Wildman–Crippen MR) is 124 cm³/mol.